The molecule has 0 aliphatic rings. The van der Waals surface area contributed by atoms with Crippen molar-refractivity contribution in [1.82, 2.24) is 0 Å². The van der Waals surface area contributed by atoms with Gasteiger partial charge in [0.2, 0.25) is 0 Å². The van der Waals surface area contributed by atoms with Gasteiger partial charge < -0.3 is 4.74 Å². The predicted octanol–water partition coefficient (Wildman–Crippen LogP) is 5.44. The van der Waals surface area contributed by atoms with Crippen LogP contribution in [0.15, 0.2) is 48.5 Å². The molecular formula is C16H13ClOS. The van der Waals surface area contributed by atoms with Gasteiger partial charge in [-0.3, -0.25) is 0 Å². The second kappa shape index (κ2) is 5.24. The van der Waals surface area contributed by atoms with E-state index in [4.69, 9.17) is 16.3 Å². The van der Waals surface area contributed by atoms with E-state index in [-0.39, 0.29) is 0 Å². The lowest BCUT2D eigenvalue weighted by atomic mass is 10.2. The van der Waals surface area contributed by atoms with Gasteiger partial charge in [-0.05, 0) is 42.8 Å². The minimum absolute atomic E-state index is 0.582. The van der Waals surface area contributed by atoms with Crippen molar-refractivity contribution in [3.05, 3.63) is 64.0 Å². The molecule has 0 bridgehead atoms. The summed E-state index contributed by atoms with van der Waals surface area (Å²) >= 11 is 7.90. The van der Waals surface area contributed by atoms with Crippen LogP contribution in [0.3, 0.4) is 0 Å². The van der Waals surface area contributed by atoms with E-state index in [0.29, 0.717) is 6.61 Å². The fourth-order valence-corrected chi connectivity index (χ4v) is 3.30. The molecule has 0 saturated carbocycles. The van der Waals surface area contributed by atoms with Gasteiger partial charge in [-0.2, -0.15) is 0 Å². The van der Waals surface area contributed by atoms with Crippen molar-refractivity contribution in [3.63, 3.8) is 0 Å². The van der Waals surface area contributed by atoms with E-state index in [0.717, 1.165) is 16.2 Å². The largest absolute Gasteiger partial charge is 0.488 e. The first-order chi connectivity index (χ1) is 9.22. The first-order valence-electron chi connectivity index (χ1n) is 6.09. The molecular weight excluding hydrogens is 276 g/mol. The number of rotatable bonds is 3. The van der Waals surface area contributed by atoms with E-state index in [9.17, 15) is 0 Å². The number of ether oxygens (including phenoxy) is 1. The normalized spacial score (nSPS) is 10.8. The minimum atomic E-state index is 0.582. The Morgan fingerprint density at radius 3 is 2.74 bits per heavy atom. The number of hydrogen-bond acceptors (Lipinski definition) is 2. The molecule has 0 unspecified atom stereocenters. The molecule has 96 valence electrons. The first kappa shape index (κ1) is 12.5. The van der Waals surface area contributed by atoms with Gasteiger partial charge in [0.05, 0.1) is 0 Å². The first-order valence-corrected chi connectivity index (χ1v) is 7.28. The highest BCUT2D eigenvalue weighted by atomic mass is 35.5. The molecule has 3 rings (SSSR count). The predicted molar refractivity (Wildman–Crippen MR) is 82.3 cm³/mol. The fraction of sp³-hybridized carbons (Fsp3) is 0.125. The molecule has 1 heterocycles. The number of benzene rings is 2. The summed E-state index contributed by atoms with van der Waals surface area (Å²) in [4.78, 5) is 1.18. The third-order valence-corrected chi connectivity index (χ3v) is 4.33. The lowest BCUT2D eigenvalue weighted by molar-refractivity contribution is 0.309. The number of thiophene rings is 1. The van der Waals surface area contributed by atoms with E-state index < -0.39 is 0 Å². The molecule has 0 radical (unpaired) electrons. The van der Waals surface area contributed by atoms with E-state index in [1.54, 1.807) is 11.3 Å². The summed E-state index contributed by atoms with van der Waals surface area (Å²) in [6, 6.07) is 16.2. The average Bonchev–Trinajstić information content (AvgIpc) is 2.81. The molecule has 1 nitrogen and oxygen atoms in total. The lowest BCUT2D eigenvalue weighted by Crippen LogP contribution is -1.92. The molecule has 3 aromatic rings. The maximum absolute atomic E-state index is 6.17. The Hall–Kier alpha value is -1.51. The number of halogens is 1. The Balaban J connectivity index is 1.80. The SMILES string of the molecule is Cc1cccc(OCc2cc3c(Cl)cccc3s2)c1. The molecule has 0 fully saturated rings. The second-order valence-electron chi connectivity index (χ2n) is 4.47. The van der Waals surface area contributed by atoms with Gasteiger partial charge in [0.25, 0.3) is 0 Å². The number of fused-ring (bicyclic) bond motifs is 1. The summed E-state index contributed by atoms with van der Waals surface area (Å²) in [5, 5.41) is 1.91. The maximum atomic E-state index is 6.17. The van der Waals surface area contributed by atoms with Crippen molar-refractivity contribution in [2.24, 2.45) is 0 Å². The van der Waals surface area contributed by atoms with Crippen molar-refractivity contribution in [1.29, 1.82) is 0 Å². The molecule has 0 saturated heterocycles. The molecule has 0 atom stereocenters. The summed E-state index contributed by atoms with van der Waals surface area (Å²) in [5.41, 5.74) is 1.21. The van der Waals surface area contributed by atoms with Gasteiger partial charge in [-0.25, -0.2) is 0 Å². The monoisotopic (exact) mass is 288 g/mol. The molecule has 3 heteroatoms. The quantitative estimate of drug-likeness (QED) is 0.623. The molecule has 0 amide bonds. The van der Waals surface area contributed by atoms with Crippen LogP contribution in [0.1, 0.15) is 10.4 Å². The topological polar surface area (TPSA) is 9.23 Å². The summed E-state index contributed by atoms with van der Waals surface area (Å²) in [6.45, 7) is 2.64. The van der Waals surface area contributed by atoms with Crippen LogP contribution >= 0.6 is 22.9 Å². The minimum Gasteiger partial charge on any atom is -0.488 e. The Kier molecular flexibility index (Phi) is 3.45. The molecule has 2 aromatic carbocycles. The molecule has 1 aromatic heterocycles. The smallest absolute Gasteiger partial charge is 0.122 e. The molecule has 0 aliphatic heterocycles. The van der Waals surface area contributed by atoms with Crippen LogP contribution in [0.5, 0.6) is 5.75 Å². The zero-order chi connectivity index (χ0) is 13.2. The van der Waals surface area contributed by atoms with Crippen molar-refractivity contribution in [3.8, 4) is 5.75 Å². The average molecular weight is 289 g/mol. The highest BCUT2D eigenvalue weighted by Gasteiger charge is 2.05. The van der Waals surface area contributed by atoms with E-state index in [1.807, 2.05) is 30.3 Å². The van der Waals surface area contributed by atoms with Crippen molar-refractivity contribution in [2.45, 2.75) is 13.5 Å². The highest BCUT2D eigenvalue weighted by molar-refractivity contribution is 7.19. The maximum Gasteiger partial charge on any atom is 0.122 e. The standard InChI is InChI=1S/C16H13ClOS/c1-11-4-2-5-12(8-11)18-10-13-9-14-15(17)6-3-7-16(14)19-13/h2-9H,10H2,1H3. The Bertz CT molecular complexity index is 718. The van der Waals surface area contributed by atoms with Crippen LogP contribution < -0.4 is 4.74 Å². The van der Waals surface area contributed by atoms with Crippen LogP contribution in [0.2, 0.25) is 5.02 Å². The Labute approximate surface area is 121 Å². The molecule has 0 aliphatic carbocycles. The zero-order valence-corrected chi connectivity index (χ0v) is 12.1. The summed E-state index contributed by atoms with van der Waals surface area (Å²) in [7, 11) is 0. The molecule has 0 spiro atoms. The number of hydrogen-bond donors (Lipinski definition) is 0. The Morgan fingerprint density at radius 1 is 1.11 bits per heavy atom. The van der Waals surface area contributed by atoms with Gasteiger partial charge in [0.15, 0.2) is 0 Å². The van der Waals surface area contributed by atoms with Crippen LogP contribution in [-0.2, 0) is 6.61 Å². The van der Waals surface area contributed by atoms with Crippen molar-refractivity contribution in [2.75, 3.05) is 0 Å². The van der Waals surface area contributed by atoms with Gasteiger partial charge in [-0.1, -0.05) is 29.8 Å². The molecule has 19 heavy (non-hydrogen) atoms. The van der Waals surface area contributed by atoms with E-state index >= 15 is 0 Å². The third-order valence-electron chi connectivity index (χ3n) is 2.93. The second-order valence-corrected chi connectivity index (χ2v) is 6.05. The van der Waals surface area contributed by atoms with Crippen molar-refractivity contribution >= 4 is 33.0 Å². The highest BCUT2D eigenvalue weighted by Crippen LogP contribution is 2.31. The van der Waals surface area contributed by atoms with Gasteiger partial charge in [0.1, 0.15) is 12.4 Å². The van der Waals surface area contributed by atoms with Gasteiger partial charge in [0, 0.05) is 20.0 Å². The lowest BCUT2D eigenvalue weighted by Gasteiger charge is -2.04. The zero-order valence-electron chi connectivity index (χ0n) is 10.5. The Morgan fingerprint density at radius 2 is 1.95 bits per heavy atom. The van der Waals surface area contributed by atoms with Crippen LogP contribution in [0.25, 0.3) is 10.1 Å². The van der Waals surface area contributed by atoms with Crippen LogP contribution in [0, 0.1) is 6.92 Å². The molecule has 0 N–H and O–H groups in total. The van der Waals surface area contributed by atoms with E-state index in [2.05, 4.69) is 25.1 Å². The van der Waals surface area contributed by atoms with Gasteiger partial charge >= 0.3 is 0 Å². The summed E-state index contributed by atoms with van der Waals surface area (Å²) < 4.78 is 7.01. The van der Waals surface area contributed by atoms with Gasteiger partial charge in [-0.15, -0.1) is 11.3 Å². The third kappa shape index (κ3) is 2.75. The van der Waals surface area contributed by atoms with E-state index in [1.165, 1.54) is 15.1 Å². The summed E-state index contributed by atoms with van der Waals surface area (Å²) in [6.07, 6.45) is 0. The summed E-state index contributed by atoms with van der Waals surface area (Å²) in [5.74, 6) is 0.906. The fourth-order valence-electron chi connectivity index (χ4n) is 2.01. The van der Waals surface area contributed by atoms with Crippen LogP contribution in [-0.4, -0.2) is 0 Å². The van der Waals surface area contributed by atoms with Crippen molar-refractivity contribution < 1.29 is 4.74 Å². The van der Waals surface area contributed by atoms with Crippen LogP contribution in [0.4, 0.5) is 0 Å². The number of aryl methyl sites for hydroxylation is 1.